The van der Waals surface area contributed by atoms with E-state index in [2.05, 4.69) is 5.32 Å². The van der Waals surface area contributed by atoms with Crippen LogP contribution in [0.2, 0.25) is 0 Å². The van der Waals surface area contributed by atoms with Gasteiger partial charge in [0.25, 0.3) is 0 Å². The van der Waals surface area contributed by atoms with E-state index >= 15 is 0 Å². The molecular formula is C7H13N3O3. The molecule has 1 atom stereocenters. The van der Waals surface area contributed by atoms with Crippen molar-refractivity contribution in [3.63, 3.8) is 0 Å². The minimum Gasteiger partial charge on any atom is -0.376 e. The second kappa shape index (κ2) is 4.78. The number of ether oxygens (including phenoxy) is 1. The minimum absolute atomic E-state index is 0.0366. The molecule has 1 aliphatic heterocycles. The molecular weight excluding hydrogens is 174 g/mol. The Morgan fingerprint density at radius 3 is 2.77 bits per heavy atom. The molecule has 0 spiro atoms. The number of nitrogens with one attached hydrogen (secondary N) is 2. The van der Waals surface area contributed by atoms with Gasteiger partial charge in [-0.25, -0.2) is 5.84 Å². The van der Waals surface area contributed by atoms with Gasteiger partial charge in [-0.15, -0.1) is 0 Å². The second-order valence-electron chi connectivity index (χ2n) is 2.82. The van der Waals surface area contributed by atoms with E-state index < -0.39 is 11.8 Å². The fraction of sp³-hybridized carbons (Fsp3) is 0.714. The molecule has 6 nitrogen and oxygen atoms in total. The number of hydrogen-bond acceptors (Lipinski definition) is 4. The van der Waals surface area contributed by atoms with Crippen molar-refractivity contribution in [1.82, 2.24) is 10.7 Å². The Kier molecular flexibility index (Phi) is 3.66. The lowest BCUT2D eigenvalue weighted by atomic mass is 10.2. The fourth-order valence-electron chi connectivity index (χ4n) is 1.16. The lowest BCUT2D eigenvalue weighted by Crippen LogP contribution is -2.45. The van der Waals surface area contributed by atoms with E-state index in [9.17, 15) is 9.59 Å². The molecule has 74 valence electrons. The van der Waals surface area contributed by atoms with Gasteiger partial charge in [-0.3, -0.25) is 15.0 Å². The number of hydrogen-bond donors (Lipinski definition) is 3. The first kappa shape index (κ1) is 9.94. The van der Waals surface area contributed by atoms with E-state index in [0.29, 0.717) is 6.54 Å². The van der Waals surface area contributed by atoms with Gasteiger partial charge in [-0.1, -0.05) is 0 Å². The predicted molar refractivity (Wildman–Crippen MR) is 44.3 cm³/mol. The summed E-state index contributed by atoms with van der Waals surface area (Å²) in [5.41, 5.74) is 1.75. The highest BCUT2D eigenvalue weighted by Crippen LogP contribution is 2.10. The van der Waals surface area contributed by atoms with Crippen molar-refractivity contribution in [3.05, 3.63) is 0 Å². The molecule has 0 saturated carbocycles. The van der Waals surface area contributed by atoms with Crippen molar-refractivity contribution in [2.45, 2.75) is 18.9 Å². The summed E-state index contributed by atoms with van der Waals surface area (Å²) in [6.07, 6.45) is 1.96. The van der Waals surface area contributed by atoms with E-state index in [0.717, 1.165) is 19.4 Å². The summed E-state index contributed by atoms with van der Waals surface area (Å²) >= 11 is 0. The molecule has 0 aliphatic carbocycles. The molecule has 0 aromatic heterocycles. The van der Waals surface area contributed by atoms with Crippen molar-refractivity contribution in [2.24, 2.45) is 5.84 Å². The lowest BCUT2D eigenvalue weighted by molar-refractivity contribution is -0.139. The highest BCUT2D eigenvalue weighted by Gasteiger charge is 2.18. The zero-order chi connectivity index (χ0) is 9.68. The molecule has 4 N–H and O–H groups in total. The van der Waals surface area contributed by atoms with Crippen LogP contribution < -0.4 is 16.6 Å². The van der Waals surface area contributed by atoms with Gasteiger partial charge in [0.1, 0.15) is 0 Å². The van der Waals surface area contributed by atoms with Crippen molar-refractivity contribution in [3.8, 4) is 0 Å². The lowest BCUT2D eigenvalue weighted by Gasteiger charge is -2.09. The minimum atomic E-state index is -0.835. The van der Waals surface area contributed by atoms with Crippen molar-refractivity contribution < 1.29 is 14.3 Å². The molecule has 1 saturated heterocycles. The third-order valence-corrected chi connectivity index (χ3v) is 1.85. The summed E-state index contributed by atoms with van der Waals surface area (Å²) in [4.78, 5) is 21.5. The van der Waals surface area contributed by atoms with Gasteiger partial charge in [0.15, 0.2) is 0 Å². The summed E-state index contributed by atoms with van der Waals surface area (Å²) in [7, 11) is 0. The van der Waals surface area contributed by atoms with Gasteiger partial charge >= 0.3 is 11.8 Å². The first-order valence-corrected chi connectivity index (χ1v) is 4.14. The van der Waals surface area contributed by atoms with E-state index in [1.54, 1.807) is 5.43 Å². The van der Waals surface area contributed by atoms with Crippen molar-refractivity contribution in [2.75, 3.05) is 13.2 Å². The topological polar surface area (TPSA) is 93.5 Å². The maximum Gasteiger partial charge on any atom is 0.323 e. The Morgan fingerprint density at radius 1 is 1.46 bits per heavy atom. The van der Waals surface area contributed by atoms with E-state index in [-0.39, 0.29) is 6.10 Å². The van der Waals surface area contributed by atoms with Gasteiger partial charge in [0.2, 0.25) is 0 Å². The van der Waals surface area contributed by atoms with Crippen LogP contribution in [0.3, 0.4) is 0 Å². The summed E-state index contributed by atoms with van der Waals surface area (Å²) < 4.78 is 5.24. The third-order valence-electron chi connectivity index (χ3n) is 1.85. The zero-order valence-corrected chi connectivity index (χ0v) is 7.21. The van der Waals surface area contributed by atoms with Crippen LogP contribution in [0.25, 0.3) is 0 Å². The average Bonchev–Trinajstić information content (AvgIpc) is 2.65. The molecule has 2 amide bonds. The van der Waals surface area contributed by atoms with Crippen LogP contribution in [0, 0.1) is 0 Å². The van der Waals surface area contributed by atoms with Crippen LogP contribution in [-0.2, 0) is 14.3 Å². The third kappa shape index (κ3) is 3.00. The number of carbonyl (C=O) groups excluding carboxylic acids is 2. The highest BCUT2D eigenvalue weighted by molar-refractivity contribution is 6.34. The Hall–Kier alpha value is -1.14. The van der Waals surface area contributed by atoms with Gasteiger partial charge < -0.3 is 10.1 Å². The van der Waals surface area contributed by atoms with Crippen LogP contribution in [0.4, 0.5) is 0 Å². The Labute approximate surface area is 75.8 Å². The molecule has 13 heavy (non-hydrogen) atoms. The second-order valence-corrected chi connectivity index (χ2v) is 2.82. The van der Waals surface area contributed by atoms with Gasteiger partial charge in [-0.2, -0.15) is 0 Å². The first-order chi connectivity index (χ1) is 6.24. The normalized spacial score (nSPS) is 21.2. The van der Waals surface area contributed by atoms with Crippen LogP contribution in [0.5, 0.6) is 0 Å². The molecule has 0 aromatic carbocycles. The molecule has 1 heterocycles. The Bertz CT molecular complexity index is 201. The molecule has 0 radical (unpaired) electrons. The molecule has 1 aliphatic rings. The van der Waals surface area contributed by atoms with E-state index in [4.69, 9.17) is 10.6 Å². The van der Waals surface area contributed by atoms with Crippen LogP contribution in [0.1, 0.15) is 12.8 Å². The number of rotatable bonds is 2. The summed E-state index contributed by atoms with van der Waals surface area (Å²) in [5.74, 6) is 3.21. The average molecular weight is 187 g/mol. The molecule has 0 aromatic rings. The van der Waals surface area contributed by atoms with Crippen molar-refractivity contribution >= 4 is 11.8 Å². The predicted octanol–water partition coefficient (Wildman–Crippen LogP) is -1.73. The zero-order valence-electron chi connectivity index (χ0n) is 7.21. The monoisotopic (exact) mass is 187 g/mol. The number of nitrogens with two attached hydrogens (primary N) is 1. The van der Waals surface area contributed by atoms with Gasteiger partial charge in [-0.05, 0) is 12.8 Å². The number of amides is 2. The molecule has 1 unspecified atom stereocenters. The molecule has 6 heteroatoms. The molecule has 1 fully saturated rings. The molecule has 1 rings (SSSR count). The van der Waals surface area contributed by atoms with Gasteiger partial charge in [0.05, 0.1) is 6.10 Å². The standard InChI is InChI=1S/C7H13N3O3/c8-10-7(12)6(11)9-4-5-2-1-3-13-5/h5H,1-4,8H2,(H,9,11)(H,10,12). The summed E-state index contributed by atoms with van der Waals surface area (Å²) in [6.45, 7) is 1.09. The number of carbonyl (C=O) groups is 2. The maximum absolute atomic E-state index is 10.9. The van der Waals surface area contributed by atoms with Gasteiger partial charge in [0, 0.05) is 13.2 Å². The Morgan fingerprint density at radius 2 is 2.23 bits per heavy atom. The van der Waals surface area contributed by atoms with Crippen molar-refractivity contribution in [1.29, 1.82) is 0 Å². The van der Waals surface area contributed by atoms with Crippen LogP contribution >= 0.6 is 0 Å². The van der Waals surface area contributed by atoms with E-state index in [1.165, 1.54) is 0 Å². The quantitative estimate of drug-likeness (QED) is 0.207. The highest BCUT2D eigenvalue weighted by atomic mass is 16.5. The smallest absolute Gasteiger partial charge is 0.323 e. The van der Waals surface area contributed by atoms with Crippen LogP contribution in [-0.4, -0.2) is 31.1 Å². The summed E-state index contributed by atoms with van der Waals surface area (Å²) in [6, 6.07) is 0. The first-order valence-electron chi connectivity index (χ1n) is 4.14. The Balaban J connectivity index is 2.17. The summed E-state index contributed by atoms with van der Waals surface area (Å²) in [5, 5.41) is 2.42. The number of hydrazine groups is 1. The largest absolute Gasteiger partial charge is 0.376 e. The van der Waals surface area contributed by atoms with E-state index in [1.807, 2.05) is 0 Å². The fourth-order valence-corrected chi connectivity index (χ4v) is 1.16. The SMILES string of the molecule is NNC(=O)C(=O)NCC1CCCO1. The molecule has 0 bridgehead atoms. The van der Waals surface area contributed by atoms with Crippen LogP contribution in [0.15, 0.2) is 0 Å². The maximum atomic E-state index is 10.9.